The lowest BCUT2D eigenvalue weighted by Crippen LogP contribution is -2.34. The molecule has 1 heterocycles. The monoisotopic (exact) mass is 405 g/mol. The molecule has 0 radical (unpaired) electrons. The first-order chi connectivity index (χ1) is 13.2. The normalized spacial score (nSPS) is 16.1. The first-order valence-corrected chi connectivity index (χ1v) is 9.72. The van der Waals surface area contributed by atoms with Crippen LogP contribution in [0.25, 0.3) is 0 Å². The first kappa shape index (κ1) is 19.8. The van der Waals surface area contributed by atoms with Gasteiger partial charge in [0.05, 0.1) is 17.7 Å². The van der Waals surface area contributed by atoms with Crippen molar-refractivity contribution in [1.29, 1.82) is 0 Å². The van der Waals surface area contributed by atoms with E-state index in [1.807, 2.05) is 0 Å². The highest BCUT2D eigenvalue weighted by Crippen LogP contribution is 2.32. The molecule has 3 rings (SSSR count). The van der Waals surface area contributed by atoms with E-state index in [0.717, 1.165) is 0 Å². The lowest BCUT2D eigenvalue weighted by Gasteiger charge is -2.23. The zero-order valence-corrected chi connectivity index (χ0v) is 16.2. The third-order valence-electron chi connectivity index (χ3n) is 4.16. The second kappa shape index (κ2) is 7.58. The van der Waals surface area contributed by atoms with Gasteiger partial charge in [-0.05, 0) is 43.3 Å². The molecule has 9 nitrogen and oxygen atoms in total. The quantitative estimate of drug-likeness (QED) is 0.734. The highest BCUT2D eigenvalue weighted by molar-refractivity contribution is 7.89. The molecule has 0 saturated heterocycles. The van der Waals surface area contributed by atoms with E-state index in [9.17, 15) is 18.0 Å². The van der Waals surface area contributed by atoms with Crippen LogP contribution in [0.2, 0.25) is 0 Å². The molecule has 1 atom stereocenters. The van der Waals surface area contributed by atoms with Gasteiger partial charge in [0.1, 0.15) is 5.75 Å². The van der Waals surface area contributed by atoms with Gasteiger partial charge in [-0.15, -0.1) is 0 Å². The van der Waals surface area contributed by atoms with Gasteiger partial charge in [0, 0.05) is 18.3 Å². The summed E-state index contributed by atoms with van der Waals surface area (Å²) in [6, 6.07) is 10.4. The minimum absolute atomic E-state index is 0.0791. The van der Waals surface area contributed by atoms with Crippen molar-refractivity contribution in [3.05, 3.63) is 48.0 Å². The number of sulfonamides is 1. The van der Waals surface area contributed by atoms with Gasteiger partial charge in [0.25, 0.3) is 21.8 Å². The SMILES string of the molecule is CON(C)S(=O)(=O)c1cccc(C(=O)Nc2ccc3c(c2)NC(=O)[C@H](C)O3)c1. The Labute approximate surface area is 162 Å². The van der Waals surface area contributed by atoms with E-state index in [1.54, 1.807) is 25.1 Å². The van der Waals surface area contributed by atoms with Crippen LogP contribution in [-0.4, -0.2) is 45.0 Å². The summed E-state index contributed by atoms with van der Waals surface area (Å²) in [5.41, 5.74) is 1.01. The predicted molar refractivity (Wildman–Crippen MR) is 102 cm³/mol. The number of hydroxylamine groups is 1. The van der Waals surface area contributed by atoms with E-state index in [1.165, 1.54) is 38.4 Å². The lowest BCUT2D eigenvalue weighted by atomic mass is 10.2. The standard InChI is InChI=1S/C18H19N3O6S/c1-11-17(22)20-15-10-13(7-8-16(15)27-11)19-18(23)12-5-4-6-14(9-12)28(24,25)21(2)26-3/h4-11H,1-3H3,(H,19,23)(H,20,22)/t11-/m0/s1. The zero-order chi connectivity index (χ0) is 20.5. The third kappa shape index (κ3) is 3.84. The Morgan fingerprint density at radius 1 is 1.25 bits per heavy atom. The molecule has 2 aromatic carbocycles. The number of amides is 2. The van der Waals surface area contributed by atoms with Crippen molar-refractivity contribution in [3.8, 4) is 5.75 Å². The molecule has 0 fully saturated rings. The van der Waals surface area contributed by atoms with Gasteiger partial charge in [0.15, 0.2) is 6.10 Å². The Balaban J connectivity index is 1.82. The van der Waals surface area contributed by atoms with Crippen LogP contribution in [0.5, 0.6) is 5.75 Å². The van der Waals surface area contributed by atoms with E-state index in [2.05, 4.69) is 10.6 Å². The summed E-state index contributed by atoms with van der Waals surface area (Å²) >= 11 is 0. The van der Waals surface area contributed by atoms with Gasteiger partial charge >= 0.3 is 0 Å². The van der Waals surface area contributed by atoms with Crippen LogP contribution in [0, 0.1) is 0 Å². The molecule has 0 aromatic heterocycles. The fraction of sp³-hybridized carbons (Fsp3) is 0.222. The molecule has 148 valence electrons. The maximum Gasteiger partial charge on any atom is 0.265 e. The largest absolute Gasteiger partial charge is 0.479 e. The summed E-state index contributed by atoms with van der Waals surface area (Å²) in [6.07, 6.45) is -0.595. The number of benzene rings is 2. The average Bonchev–Trinajstić information content (AvgIpc) is 2.68. The fourth-order valence-corrected chi connectivity index (χ4v) is 3.55. The number of carbonyl (C=O) groups excluding carboxylic acids is 2. The molecule has 2 amide bonds. The van der Waals surface area contributed by atoms with Crippen molar-refractivity contribution in [2.24, 2.45) is 0 Å². The summed E-state index contributed by atoms with van der Waals surface area (Å²) in [6.45, 7) is 1.63. The van der Waals surface area contributed by atoms with Crippen molar-refractivity contribution >= 4 is 33.2 Å². The van der Waals surface area contributed by atoms with E-state index < -0.39 is 22.0 Å². The summed E-state index contributed by atoms with van der Waals surface area (Å²) in [5.74, 6) is -0.287. The third-order valence-corrected chi connectivity index (χ3v) is 5.83. The molecule has 0 aliphatic carbocycles. The van der Waals surface area contributed by atoms with Crippen LogP contribution < -0.4 is 15.4 Å². The Morgan fingerprint density at radius 3 is 2.71 bits per heavy atom. The van der Waals surface area contributed by atoms with Gasteiger partial charge in [-0.2, -0.15) is 0 Å². The van der Waals surface area contributed by atoms with Crippen LogP contribution >= 0.6 is 0 Å². The second-order valence-electron chi connectivity index (χ2n) is 6.04. The molecule has 0 unspecified atom stereocenters. The maximum atomic E-state index is 12.5. The number of hydrogen-bond donors (Lipinski definition) is 2. The topological polar surface area (TPSA) is 114 Å². The lowest BCUT2D eigenvalue weighted by molar-refractivity contribution is -0.122. The molecular formula is C18H19N3O6S. The van der Waals surface area contributed by atoms with Crippen molar-refractivity contribution in [2.45, 2.75) is 17.9 Å². The molecule has 28 heavy (non-hydrogen) atoms. The van der Waals surface area contributed by atoms with Crippen molar-refractivity contribution in [1.82, 2.24) is 4.47 Å². The Bertz CT molecular complexity index is 1040. The van der Waals surface area contributed by atoms with Gasteiger partial charge in [-0.3, -0.25) is 14.4 Å². The highest BCUT2D eigenvalue weighted by atomic mass is 32.2. The molecular weight excluding hydrogens is 386 g/mol. The van der Waals surface area contributed by atoms with Crippen LogP contribution in [0.4, 0.5) is 11.4 Å². The Hall–Kier alpha value is -2.95. The number of hydrogen-bond acceptors (Lipinski definition) is 6. The number of nitrogens with zero attached hydrogens (tertiary/aromatic N) is 1. The molecule has 2 N–H and O–H groups in total. The summed E-state index contributed by atoms with van der Waals surface area (Å²) in [7, 11) is -1.39. The number of nitrogens with one attached hydrogen (secondary N) is 2. The van der Waals surface area contributed by atoms with E-state index in [0.29, 0.717) is 21.6 Å². The fourth-order valence-electron chi connectivity index (χ4n) is 2.53. The summed E-state index contributed by atoms with van der Waals surface area (Å²) in [5, 5.41) is 5.37. The van der Waals surface area contributed by atoms with Gasteiger partial charge in [0.2, 0.25) is 0 Å². The van der Waals surface area contributed by atoms with Gasteiger partial charge in [-0.1, -0.05) is 10.5 Å². The number of rotatable bonds is 5. The van der Waals surface area contributed by atoms with E-state index in [4.69, 9.17) is 9.57 Å². The van der Waals surface area contributed by atoms with Gasteiger partial charge in [-0.25, -0.2) is 8.42 Å². The van der Waals surface area contributed by atoms with E-state index in [-0.39, 0.29) is 16.4 Å². The Morgan fingerprint density at radius 2 is 2.00 bits per heavy atom. The molecule has 1 aliphatic heterocycles. The minimum Gasteiger partial charge on any atom is -0.479 e. The molecule has 1 aliphatic rings. The highest BCUT2D eigenvalue weighted by Gasteiger charge is 2.24. The van der Waals surface area contributed by atoms with E-state index >= 15 is 0 Å². The molecule has 2 aromatic rings. The summed E-state index contributed by atoms with van der Waals surface area (Å²) < 4.78 is 30.8. The number of anilines is 2. The minimum atomic E-state index is -3.87. The Kier molecular flexibility index (Phi) is 5.36. The van der Waals surface area contributed by atoms with Crippen molar-refractivity contribution in [3.63, 3.8) is 0 Å². The van der Waals surface area contributed by atoms with Crippen molar-refractivity contribution in [2.75, 3.05) is 24.8 Å². The zero-order valence-electron chi connectivity index (χ0n) is 15.4. The molecule has 0 bridgehead atoms. The predicted octanol–water partition coefficient (Wildman–Crippen LogP) is 1.84. The van der Waals surface area contributed by atoms with Crippen molar-refractivity contribution < 1.29 is 27.6 Å². The van der Waals surface area contributed by atoms with Crippen LogP contribution in [-0.2, 0) is 19.7 Å². The van der Waals surface area contributed by atoms with Crippen LogP contribution in [0.3, 0.4) is 0 Å². The second-order valence-corrected chi connectivity index (χ2v) is 7.98. The average molecular weight is 405 g/mol. The molecule has 10 heteroatoms. The smallest absolute Gasteiger partial charge is 0.265 e. The summed E-state index contributed by atoms with van der Waals surface area (Å²) in [4.78, 5) is 28.9. The number of carbonyl (C=O) groups is 2. The maximum absolute atomic E-state index is 12.5. The molecule has 0 saturated carbocycles. The van der Waals surface area contributed by atoms with Crippen LogP contribution in [0.1, 0.15) is 17.3 Å². The first-order valence-electron chi connectivity index (χ1n) is 8.28. The number of fused-ring (bicyclic) bond motifs is 1. The van der Waals surface area contributed by atoms with Crippen LogP contribution in [0.15, 0.2) is 47.4 Å². The van der Waals surface area contributed by atoms with Gasteiger partial charge < -0.3 is 15.4 Å². The number of ether oxygens (including phenoxy) is 1. The molecule has 0 spiro atoms.